The van der Waals surface area contributed by atoms with Gasteiger partial charge in [0.05, 0.1) is 6.54 Å². The van der Waals surface area contributed by atoms with Gasteiger partial charge in [0.2, 0.25) is 0 Å². The average molecular weight is 601 g/mol. The lowest BCUT2D eigenvalue weighted by molar-refractivity contribution is -0.670. The van der Waals surface area contributed by atoms with Crippen molar-refractivity contribution in [2.45, 2.75) is 13.5 Å². The normalized spacial score (nSPS) is 10.9. The molecule has 0 aliphatic rings. The number of benzene rings is 4. The van der Waals surface area contributed by atoms with E-state index < -0.39 is 0 Å². The zero-order valence-electron chi connectivity index (χ0n) is 20.9. The van der Waals surface area contributed by atoms with Crippen LogP contribution in [0.3, 0.4) is 0 Å². The molecule has 1 aromatic heterocycles. The summed E-state index contributed by atoms with van der Waals surface area (Å²) in [5.41, 5.74) is 5.62. The molecule has 0 bridgehead atoms. The number of carbonyl (C=O) groups is 1. The van der Waals surface area contributed by atoms with E-state index in [0.717, 1.165) is 40.5 Å². The van der Waals surface area contributed by atoms with Crippen LogP contribution in [0.25, 0.3) is 22.8 Å². The Kier molecular flexibility index (Phi) is 8.40. The van der Waals surface area contributed by atoms with Gasteiger partial charge in [-0.1, -0.05) is 54.6 Å². The summed E-state index contributed by atoms with van der Waals surface area (Å²) in [7, 11) is 2.05. The number of anilines is 2. The minimum atomic E-state index is -0.126. The van der Waals surface area contributed by atoms with Crippen LogP contribution in [0.5, 0.6) is 0 Å². The first-order chi connectivity index (χ1) is 17.7. The van der Waals surface area contributed by atoms with Gasteiger partial charge >= 0.3 is 0 Å². The number of nitrogens with one attached hydrogen (secondary N) is 1. The van der Waals surface area contributed by atoms with Gasteiger partial charge in [0.1, 0.15) is 5.69 Å². The molecular weight excluding hydrogens is 571 g/mol. The van der Waals surface area contributed by atoms with Crippen molar-refractivity contribution in [3.05, 3.63) is 127 Å². The summed E-state index contributed by atoms with van der Waals surface area (Å²) >= 11 is 0. The highest BCUT2D eigenvalue weighted by Crippen LogP contribution is 2.24. The first kappa shape index (κ1) is 26.2. The summed E-state index contributed by atoms with van der Waals surface area (Å²) in [6.45, 7) is 2.89. The number of hydrogen-bond acceptors (Lipinski definition) is 2. The maximum Gasteiger partial charge on any atom is 0.289 e. The van der Waals surface area contributed by atoms with Crippen molar-refractivity contribution in [3.8, 4) is 5.69 Å². The number of nitrogens with zero attached hydrogens (tertiary/aromatic N) is 3. The van der Waals surface area contributed by atoms with Gasteiger partial charge in [0, 0.05) is 42.3 Å². The van der Waals surface area contributed by atoms with Gasteiger partial charge in [0.25, 0.3) is 11.7 Å². The molecule has 6 heteroatoms. The van der Waals surface area contributed by atoms with Crippen LogP contribution in [0.4, 0.5) is 11.4 Å². The highest BCUT2D eigenvalue weighted by molar-refractivity contribution is 6.05. The molecule has 0 fully saturated rings. The van der Waals surface area contributed by atoms with Crippen molar-refractivity contribution in [2.75, 3.05) is 17.3 Å². The van der Waals surface area contributed by atoms with Crippen molar-refractivity contribution in [1.82, 2.24) is 4.57 Å². The second-order valence-electron chi connectivity index (χ2n) is 8.56. The van der Waals surface area contributed by atoms with E-state index in [4.69, 9.17) is 0 Å². The summed E-state index contributed by atoms with van der Waals surface area (Å²) in [5, 5.41) is 3.00. The third-order valence-corrected chi connectivity index (χ3v) is 6.25. The number of rotatable bonds is 7. The molecule has 5 rings (SSSR count). The van der Waals surface area contributed by atoms with Crippen LogP contribution in [0.15, 0.2) is 115 Å². The summed E-state index contributed by atoms with van der Waals surface area (Å²) in [6, 6.07) is 36.0. The molecule has 0 saturated carbocycles. The number of aromatic nitrogens is 2. The van der Waals surface area contributed by atoms with E-state index in [1.807, 2.05) is 92.0 Å². The summed E-state index contributed by atoms with van der Waals surface area (Å²) < 4.78 is 4.49. The van der Waals surface area contributed by atoms with E-state index in [9.17, 15) is 4.79 Å². The Hall–Kier alpha value is -3.91. The monoisotopic (exact) mass is 600 g/mol. The Labute approximate surface area is 234 Å². The lowest BCUT2D eigenvalue weighted by Crippen LogP contribution is -3.00. The molecule has 1 amide bonds. The van der Waals surface area contributed by atoms with Gasteiger partial charge in [0.15, 0.2) is 11.0 Å². The molecule has 4 aromatic carbocycles. The molecule has 1 N–H and O–H groups in total. The van der Waals surface area contributed by atoms with E-state index >= 15 is 0 Å². The molecule has 0 aliphatic carbocycles. The highest BCUT2D eigenvalue weighted by atomic mass is 127. The van der Waals surface area contributed by atoms with Crippen LogP contribution >= 0.6 is 0 Å². The Bertz CT molecular complexity index is 1510. The smallest absolute Gasteiger partial charge is 0.289 e. The van der Waals surface area contributed by atoms with E-state index in [-0.39, 0.29) is 29.9 Å². The zero-order valence-corrected chi connectivity index (χ0v) is 23.0. The summed E-state index contributed by atoms with van der Waals surface area (Å²) in [6.07, 6.45) is 4.21. The summed E-state index contributed by atoms with van der Waals surface area (Å²) in [5.74, 6) is 0.904. The number of hydrogen-bond donors (Lipinski definition) is 1. The van der Waals surface area contributed by atoms with Crippen LogP contribution in [-0.4, -0.2) is 17.5 Å². The van der Waals surface area contributed by atoms with Gasteiger partial charge in [-0.25, -0.2) is 4.57 Å². The van der Waals surface area contributed by atoms with Gasteiger partial charge in [-0.15, -0.1) is 0 Å². The second kappa shape index (κ2) is 11.9. The van der Waals surface area contributed by atoms with Crippen LogP contribution in [0.1, 0.15) is 23.1 Å². The molecule has 0 aliphatic heterocycles. The molecule has 0 spiro atoms. The Morgan fingerprint density at radius 3 is 2.16 bits per heavy atom. The number of para-hydroxylation sites is 3. The van der Waals surface area contributed by atoms with Gasteiger partial charge in [-0.05, 0) is 55.5 Å². The molecule has 186 valence electrons. The standard InChI is InChI=1S/C31H28N4O.HI/c1-3-34-29-23-24(31(36)32-25-13-7-4-8-14-25)19-20-28(29)35(27-17-11-6-12-18-27)30(34)21-22-33(2)26-15-9-5-10-16-26;/h4-23H,3H2,1-2H3;1H. The Balaban J connectivity index is 0.00000320. The third-order valence-electron chi connectivity index (χ3n) is 6.25. The number of halogens is 1. The number of amides is 1. The molecule has 5 nitrogen and oxygen atoms in total. The van der Waals surface area contributed by atoms with Crippen molar-refractivity contribution in [1.29, 1.82) is 0 Å². The first-order valence-corrected chi connectivity index (χ1v) is 12.1. The second-order valence-corrected chi connectivity index (χ2v) is 8.56. The fourth-order valence-electron chi connectivity index (χ4n) is 4.44. The van der Waals surface area contributed by atoms with Gasteiger partial charge in [-0.3, -0.25) is 4.79 Å². The maximum atomic E-state index is 13.0. The predicted molar refractivity (Wildman–Crippen MR) is 147 cm³/mol. The maximum absolute atomic E-state index is 13.0. The Morgan fingerprint density at radius 2 is 1.51 bits per heavy atom. The van der Waals surface area contributed by atoms with Crippen LogP contribution in [0.2, 0.25) is 0 Å². The molecule has 37 heavy (non-hydrogen) atoms. The van der Waals surface area contributed by atoms with Crippen LogP contribution in [-0.2, 0) is 6.54 Å². The number of imidazole rings is 1. The zero-order chi connectivity index (χ0) is 24.9. The topological polar surface area (TPSA) is 41.1 Å². The molecule has 0 unspecified atom stereocenters. The lowest BCUT2D eigenvalue weighted by Gasteiger charge is -2.13. The number of carbonyl (C=O) groups excluding carboxylic acids is 1. The molecule has 0 radical (unpaired) electrons. The molecule has 5 aromatic rings. The number of fused-ring (bicyclic) bond motifs is 1. The van der Waals surface area contributed by atoms with Gasteiger partial charge < -0.3 is 34.2 Å². The largest absolute Gasteiger partial charge is 1.00 e. The quantitative estimate of drug-likeness (QED) is 0.230. The van der Waals surface area contributed by atoms with E-state index in [1.54, 1.807) is 0 Å². The minimum absolute atomic E-state index is 0. The van der Waals surface area contributed by atoms with E-state index in [2.05, 4.69) is 62.8 Å². The van der Waals surface area contributed by atoms with E-state index in [0.29, 0.717) is 5.56 Å². The predicted octanol–water partition coefficient (Wildman–Crippen LogP) is 3.30. The SMILES string of the molecule is CC[n+]1c(/C=C/N(C)c2ccccc2)n(-c2ccccc2)c2ccc(C(=O)Nc3ccccc3)cc21.[I-]. The molecule has 1 heterocycles. The molecular formula is C31H29IN4O. The molecule has 0 saturated heterocycles. The van der Waals surface area contributed by atoms with E-state index in [1.165, 1.54) is 0 Å². The van der Waals surface area contributed by atoms with Crippen molar-refractivity contribution in [2.24, 2.45) is 0 Å². The fourth-order valence-corrected chi connectivity index (χ4v) is 4.44. The summed E-state index contributed by atoms with van der Waals surface area (Å²) in [4.78, 5) is 15.1. The van der Waals surface area contributed by atoms with Crippen LogP contribution in [0, 0.1) is 0 Å². The molecule has 0 atom stereocenters. The third kappa shape index (κ3) is 5.59. The van der Waals surface area contributed by atoms with Crippen molar-refractivity contribution in [3.63, 3.8) is 0 Å². The van der Waals surface area contributed by atoms with Crippen LogP contribution < -0.4 is 38.8 Å². The highest BCUT2D eigenvalue weighted by Gasteiger charge is 2.25. The van der Waals surface area contributed by atoms with Gasteiger partial charge in [-0.2, -0.15) is 4.57 Å². The number of aryl methyl sites for hydroxylation is 1. The van der Waals surface area contributed by atoms with Crippen molar-refractivity contribution < 1.29 is 33.3 Å². The lowest BCUT2D eigenvalue weighted by atomic mass is 10.1. The fraction of sp³-hybridized carbons (Fsp3) is 0.0968. The average Bonchev–Trinajstić information content (AvgIpc) is 3.25. The van der Waals surface area contributed by atoms with Crippen molar-refractivity contribution >= 4 is 34.4 Å². The minimum Gasteiger partial charge on any atom is -1.00 e. The Morgan fingerprint density at radius 1 is 0.892 bits per heavy atom. The first-order valence-electron chi connectivity index (χ1n) is 12.1.